The molecule has 2 aliphatic carbocycles. The Labute approximate surface area is 275 Å². The van der Waals surface area contributed by atoms with Gasteiger partial charge in [0.2, 0.25) is 11.4 Å². The van der Waals surface area contributed by atoms with E-state index >= 15 is 0 Å². The van der Waals surface area contributed by atoms with Gasteiger partial charge in [-0.2, -0.15) is 10.2 Å². The fourth-order valence-electron chi connectivity index (χ4n) is 6.01. The summed E-state index contributed by atoms with van der Waals surface area (Å²) in [4.78, 5) is 41.9. The van der Waals surface area contributed by atoms with Crippen molar-refractivity contribution in [1.29, 1.82) is 0 Å². The van der Waals surface area contributed by atoms with Crippen LogP contribution in [0.1, 0.15) is 76.3 Å². The molecule has 14 nitrogen and oxygen atoms in total. The van der Waals surface area contributed by atoms with Gasteiger partial charge in [0.05, 0.1) is 24.5 Å². The maximum absolute atomic E-state index is 12.9. The Kier molecular flexibility index (Phi) is 7.79. The second-order valence-electron chi connectivity index (χ2n) is 13.2. The van der Waals surface area contributed by atoms with Crippen molar-refractivity contribution < 1.29 is 0 Å². The van der Waals surface area contributed by atoms with Crippen LogP contribution in [0, 0.1) is 25.0 Å². The first-order valence-corrected chi connectivity index (χ1v) is 16.3. The topological polar surface area (TPSA) is 145 Å². The van der Waals surface area contributed by atoms with Crippen molar-refractivity contribution in [3.8, 4) is 22.8 Å². The van der Waals surface area contributed by atoms with Crippen LogP contribution in [0.15, 0.2) is 46.5 Å². The summed E-state index contributed by atoms with van der Waals surface area (Å²) >= 11 is 0. The maximum atomic E-state index is 12.9. The van der Waals surface area contributed by atoms with Gasteiger partial charge in [0.25, 0.3) is 11.1 Å². The van der Waals surface area contributed by atoms with Gasteiger partial charge in [-0.15, -0.1) is 0 Å². The molecule has 2 aliphatic rings. The van der Waals surface area contributed by atoms with Gasteiger partial charge in [0, 0.05) is 49.0 Å². The molecule has 0 spiro atoms. The van der Waals surface area contributed by atoms with E-state index in [0.717, 1.165) is 24.7 Å². The number of nitrogens with zero attached hydrogens (tertiary/aromatic N) is 10. The van der Waals surface area contributed by atoms with Gasteiger partial charge in [0.1, 0.15) is 11.4 Å². The average Bonchev–Trinajstić information content (AvgIpc) is 3.80. The third-order valence-electron chi connectivity index (χ3n) is 8.86. The van der Waals surface area contributed by atoms with Crippen molar-refractivity contribution in [3.05, 3.63) is 91.6 Å². The molecule has 6 aromatic rings. The molecule has 0 radical (unpaired) electrons. The summed E-state index contributed by atoms with van der Waals surface area (Å²) in [5.41, 5.74) is 5.09. The first kappa shape index (κ1) is 30.9. The minimum absolute atomic E-state index is 0.00479. The Morgan fingerprint density at radius 2 is 1.35 bits per heavy atom. The predicted molar refractivity (Wildman–Crippen MR) is 180 cm³/mol. The molecule has 0 aliphatic heterocycles. The van der Waals surface area contributed by atoms with Gasteiger partial charge in [0.15, 0.2) is 11.3 Å². The molecule has 14 heteroatoms. The van der Waals surface area contributed by atoms with Crippen LogP contribution in [0.5, 0.6) is 0 Å². The summed E-state index contributed by atoms with van der Waals surface area (Å²) in [5.74, 6) is 1.41. The highest BCUT2D eigenvalue weighted by Crippen LogP contribution is 2.34. The third-order valence-corrected chi connectivity index (χ3v) is 8.86. The fraction of sp³-hybridized carbons (Fsp3) is 0.412. The lowest BCUT2D eigenvalue weighted by atomic mass is 10.0. The number of fused-ring (bicyclic) bond motifs is 2. The Bertz CT molecular complexity index is 2360. The standard InChI is InChI=1S/2C17H18N6O/c1-10(2)14-15(13-6-7-19-22(13)9-11-4-5-11)21-16-12(18-3)8-20-23(16)17(14)24;1-10(2)14-15(12-6-7-22(21-12)9-11-4-5-11)20-16-13(18-3)8-19-23(16)17(14)24/h6-8,10-11,20H,4-5,9H2,1-2H3;6-8,10-11,19H,4-5,9H2,1-2H3. The van der Waals surface area contributed by atoms with Gasteiger partial charge in [-0.1, -0.05) is 27.7 Å². The van der Waals surface area contributed by atoms with E-state index in [2.05, 4.69) is 40.1 Å². The molecule has 6 heterocycles. The Hall–Kier alpha value is -5.76. The summed E-state index contributed by atoms with van der Waals surface area (Å²) < 4.78 is 6.56. The van der Waals surface area contributed by atoms with E-state index < -0.39 is 0 Å². The highest BCUT2D eigenvalue weighted by molar-refractivity contribution is 5.73. The van der Waals surface area contributed by atoms with Crippen LogP contribution in [-0.4, -0.2) is 48.8 Å². The summed E-state index contributed by atoms with van der Waals surface area (Å²) in [6, 6.07) is 3.80. The largest absolute Gasteiger partial charge is 0.308 e. The lowest BCUT2D eigenvalue weighted by molar-refractivity contribution is 0.564. The first-order chi connectivity index (χ1) is 23.2. The molecule has 8 rings (SSSR count). The molecule has 48 heavy (non-hydrogen) atoms. The predicted octanol–water partition coefficient (Wildman–Crippen LogP) is 5.94. The van der Waals surface area contributed by atoms with Gasteiger partial charge in [-0.25, -0.2) is 28.7 Å². The summed E-state index contributed by atoms with van der Waals surface area (Å²) in [5, 5.41) is 14.7. The molecule has 0 unspecified atom stereocenters. The highest BCUT2D eigenvalue weighted by Gasteiger charge is 2.27. The number of hydrogen-bond acceptors (Lipinski definition) is 6. The van der Waals surface area contributed by atoms with Crippen molar-refractivity contribution in [1.82, 2.24) is 48.8 Å². The van der Waals surface area contributed by atoms with Crippen LogP contribution in [0.25, 0.3) is 43.8 Å². The molecule has 0 amide bonds. The van der Waals surface area contributed by atoms with E-state index in [1.807, 2.05) is 55.4 Å². The second-order valence-corrected chi connectivity index (χ2v) is 13.2. The minimum Gasteiger partial charge on any atom is -0.308 e. The summed E-state index contributed by atoms with van der Waals surface area (Å²) in [6.07, 6.45) is 11.7. The van der Waals surface area contributed by atoms with Crippen LogP contribution < -0.4 is 11.1 Å². The molecule has 2 N–H and O–H groups in total. The zero-order valence-electron chi connectivity index (χ0n) is 27.3. The average molecular weight is 645 g/mol. The second kappa shape index (κ2) is 12.1. The Balaban J connectivity index is 0.000000152. The summed E-state index contributed by atoms with van der Waals surface area (Å²) in [6.45, 7) is 24.2. The van der Waals surface area contributed by atoms with E-state index in [4.69, 9.17) is 13.1 Å². The molecule has 2 fully saturated rings. The van der Waals surface area contributed by atoms with E-state index in [9.17, 15) is 9.59 Å². The third kappa shape index (κ3) is 5.59. The van der Waals surface area contributed by atoms with Crippen LogP contribution in [-0.2, 0) is 13.1 Å². The molecular weight excluding hydrogens is 608 g/mol. The summed E-state index contributed by atoms with van der Waals surface area (Å²) in [7, 11) is 0. The van der Waals surface area contributed by atoms with E-state index in [0.29, 0.717) is 56.8 Å². The first-order valence-electron chi connectivity index (χ1n) is 16.3. The van der Waals surface area contributed by atoms with E-state index in [1.165, 1.54) is 47.1 Å². The van der Waals surface area contributed by atoms with Crippen molar-refractivity contribution in [2.24, 2.45) is 11.8 Å². The SMILES string of the molecule is [C-]#[N+]c1c[nH]n2c(=O)c(C(C)C)c(-c3ccn(CC4CC4)n3)nc12.[C-]#[N+]c1c[nH]n2c(=O)c(C(C)C)c(-c3ccnn3CC3CC3)nc12. The van der Waals surface area contributed by atoms with Crippen molar-refractivity contribution in [3.63, 3.8) is 0 Å². The lowest BCUT2D eigenvalue weighted by Crippen LogP contribution is -2.23. The normalized spacial score (nSPS) is 14.4. The van der Waals surface area contributed by atoms with Gasteiger partial charge in [-0.05, 0) is 61.5 Å². The number of rotatable bonds is 8. The minimum atomic E-state index is -0.170. The van der Waals surface area contributed by atoms with Crippen LogP contribution >= 0.6 is 0 Å². The number of aromatic amines is 2. The van der Waals surface area contributed by atoms with Crippen LogP contribution in [0.2, 0.25) is 0 Å². The van der Waals surface area contributed by atoms with Gasteiger partial charge < -0.3 is 10.2 Å². The highest BCUT2D eigenvalue weighted by atomic mass is 16.1. The van der Waals surface area contributed by atoms with Crippen molar-refractivity contribution in [2.75, 3.05) is 0 Å². The quantitative estimate of drug-likeness (QED) is 0.196. The monoisotopic (exact) mass is 644 g/mol. The smallest absolute Gasteiger partial charge is 0.275 e. The Morgan fingerprint density at radius 1 is 0.812 bits per heavy atom. The molecule has 0 bridgehead atoms. The lowest BCUT2D eigenvalue weighted by Gasteiger charge is -2.13. The molecule has 0 aromatic carbocycles. The van der Waals surface area contributed by atoms with Gasteiger partial charge in [-0.3, -0.25) is 19.0 Å². The molecule has 2 saturated carbocycles. The van der Waals surface area contributed by atoms with Crippen LogP contribution in [0.3, 0.4) is 0 Å². The molecular formula is C34H36N12O2. The van der Waals surface area contributed by atoms with E-state index in [-0.39, 0.29) is 23.0 Å². The number of hydrogen-bond donors (Lipinski definition) is 2. The van der Waals surface area contributed by atoms with Crippen LogP contribution in [0.4, 0.5) is 11.4 Å². The molecule has 244 valence electrons. The zero-order valence-corrected chi connectivity index (χ0v) is 27.3. The number of H-pyrrole nitrogens is 2. The van der Waals surface area contributed by atoms with Crippen molar-refractivity contribution in [2.45, 2.75) is 78.3 Å². The van der Waals surface area contributed by atoms with E-state index in [1.54, 1.807) is 6.20 Å². The molecule has 0 saturated heterocycles. The zero-order chi connectivity index (χ0) is 33.7. The fourth-order valence-corrected chi connectivity index (χ4v) is 6.01. The number of nitrogens with one attached hydrogen (secondary N) is 2. The molecule has 6 aromatic heterocycles. The molecule has 0 atom stereocenters. The van der Waals surface area contributed by atoms with Gasteiger partial charge >= 0.3 is 0 Å². The van der Waals surface area contributed by atoms with Crippen molar-refractivity contribution >= 4 is 22.7 Å². The Morgan fingerprint density at radius 3 is 1.90 bits per heavy atom. The number of aromatic nitrogens is 10. The maximum Gasteiger partial charge on any atom is 0.275 e.